The minimum atomic E-state index is -0.434. The lowest BCUT2D eigenvalue weighted by molar-refractivity contribution is 0.0600. The molecule has 4 rings (SSSR count). The Labute approximate surface area is 165 Å². The molecule has 0 radical (unpaired) electrons. The highest BCUT2D eigenvalue weighted by molar-refractivity contribution is 5.95. The van der Waals surface area contributed by atoms with E-state index in [0.29, 0.717) is 28.3 Å². The summed E-state index contributed by atoms with van der Waals surface area (Å²) < 4.78 is 7.68. The van der Waals surface area contributed by atoms with Gasteiger partial charge in [-0.1, -0.05) is 12.1 Å². The molecule has 3 heterocycles. The molecule has 0 aliphatic heterocycles. The minimum absolute atomic E-state index is 0.285. The number of methoxy groups -OCH3 is 1. The Bertz CT molecular complexity index is 1300. The van der Waals surface area contributed by atoms with Crippen LogP contribution in [0.15, 0.2) is 35.5 Å². The first kappa shape index (κ1) is 18.4. The van der Waals surface area contributed by atoms with Crippen LogP contribution in [0.3, 0.4) is 0 Å². The number of ether oxygens (including phenoxy) is 1. The van der Waals surface area contributed by atoms with Gasteiger partial charge in [0.05, 0.1) is 12.7 Å². The number of hydrogen-bond acceptors (Lipinski definition) is 7. The number of nitrogens with one attached hydrogen (secondary N) is 2. The monoisotopic (exact) mass is 393 g/mol. The van der Waals surface area contributed by atoms with Gasteiger partial charge in [-0.3, -0.25) is 4.98 Å². The zero-order valence-electron chi connectivity index (χ0n) is 16.3. The predicted octanol–water partition coefficient (Wildman–Crippen LogP) is 1.97. The molecule has 1 aromatic carbocycles. The number of aromatic nitrogens is 6. The van der Waals surface area contributed by atoms with E-state index in [-0.39, 0.29) is 5.69 Å². The van der Waals surface area contributed by atoms with Crippen molar-refractivity contribution >= 4 is 23.0 Å². The highest BCUT2D eigenvalue weighted by Crippen LogP contribution is 2.29. The molecule has 0 atom stereocenters. The number of carbonyl (C=O) groups is 1. The lowest BCUT2D eigenvalue weighted by atomic mass is 10.1. The first-order valence-electron chi connectivity index (χ1n) is 8.81. The van der Waals surface area contributed by atoms with Crippen molar-refractivity contribution in [3.05, 3.63) is 57.9 Å². The molecule has 29 heavy (non-hydrogen) atoms. The fourth-order valence-electron chi connectivity index (χ4n) is 3.13. The van der Waals surface area contributed by atoms with E-state index in [0.717, 1.165) is 16.8 Å². The van der Waals surface area contributed by atoms with Gasteiger partial charge in [0.2, 0.25) is 0 Å². The molecule has 2 N–H and O–H groups in total. The van der Waals surface area contributed by atoms with Gasteiger partial charge >= 0.3 is 11.7 Å². The summed E-state index contributed by atoms with van der Waals surface area (Å²) in [6.45, 7) is 3.77. The fraction of sp³-hybridized carbons (Fsp3) is 0.211. The molecule has 0 fully saturated rings. The van der Waals surface area contributed by atoms with E-state index < -0.39 is 5.97 Å². The number of esters is 1. The molecule has 0 saturated heterocycles. The van der Waals surface area contributed by atoms with Crippen molar-refractivity contribution < 1.29 is 9.53 Å². The summed E-state index contributed by atoms with van der Waals surface area (Å²) in [6.07, 6.45) is 3.02. The number of H-pyrrole nitrogens is 1. The van der Waals surface area contributed by atoms with Gasteiger partial charge in [0, 0.05) is 24.5 Å². The molecule has 0 bridgehead atoms. The Morgan fingerprint density at radius 1 is 1.28 bits per heavy atom. The lowest BCUT2D eigenvalue weighted by Gasteiger charge is -2.11. The van der Waals surface area contributed by atoms with Crippen LogP contribution in [0.2, 0.25) is 0 Å². The van der Waals surface area contributed by atoms with Crippen LogP contribution in [0, 0.1) is 13.8 Å². The number of aryl methyl sites for hydroxylation is 3. The Morgan fingerprint density at radius 2 is 2.07 bits per heavy atom. The number of fused-ring (bicyclic) bond motifs is 1. The van der Waals surface area contributed by atoms with Crippen LogP contribution in [0.1, 0.15) is 21.5 Å². The van der Waals surface area contributed by atoms with E-state index in [1.807, 2.05) is 32.0 Å². The van der Waals surface area contributed by atoms with Crippen molar-refractivity contribution in [3.8, 4) is 11.4 Å². The lowest BCUT2D eigenvalue weighted by Crippen LogP contribution is -2.13. The second-order valence-corrected chi connectivity index (χ2v) is 6.62. The Hall–Kier alpha value is -3.95. The predicted molar refractivity (Wildman–Crippen MR) is 106 cm³/mol. The van der Waals surface area contributed by atoms with E-state index >= 15 is 0 Å². The molecule has 4 aromatic rings. The molecular formula is C19H19N7O3. The highest BCUT2D eigenvalue weighted by atomic mass is 16.5. The molecule has 0 saturated carbocycles. The van der Waals surface area contributed by atoms with Gasteiger partial charge in [-0.05, 0) is 31.0 Å². The summed E-state index contributed by atoms with van der Waals surface area (Å²) in [5.74, 6) is 0.582. The zero-order chi connectivity index (χ0) is 20.7. The molecule has 0 aliphatic rings. The molecule has 10 heteroatoms. The first-order valence-corrected chi connectivity index (χ1v) is 8.81. The van der Waals surface area contributed by atoms with Crippen molar-refractivity contribution in [2.24, 2.45) is 7.05 Å². The smallest absolute Gasteiger partial charge is 0.343 e. The van der Waals surface area contributed by atoms with Crippen molar-refractivity contribution in [3.63, 3.8) is 0 Å². The van der Waals surface area contributed by atoms with E-state index in [1.165, 1.54) is 18.1 Å². The van der Waals surface area contributed by atoms with Gasteiger partial charge in [-0.2, -0.15) is 10.2 Å². The third-order valence-corrected chi connectivity index (χ3v) is 4.77. The highest BCUT2D eigenvalue weighted by Gasteiger charge is 2.19. The van der Waals surface area contributed by atoms with Crippen LogP contribution >= 0.6 is 0 Å². The van der Waals surface area contributed by atoms with Crippen molar-refractivity contribution in [1.82, 2.24) is 29.4 Å². The maximum absolute atomic E-state index is 12.0. The normalized spacial score (nSPS) is 11.0. The summed E-state index contributed by atoms with van der Waals surface area (Å²) in [7, 11) is 2.92. The topological polar surface area (TPSA) is 119 Å². The van der Waals surface area contributed by atoms with Crippen LogP contribution in [-0.2, 0) is 11.8 Å². The van der Waals surface area contributed by atoms with Crippen LogP contribution < -0.4 is 11.0 Å². The second kappa shape index (κ2) is 6.89. The summed E-state index contributed by atoms with van der Waals surface area (Å²) in [5.41, 5.74) is 4.03. The summed E-state index contributed by atoms with van der Waals surface area (Å²) in [6, 6.07) is 5.69. The van der Waals surface area contributed by atoms with Gasteiger partial charge < -0.3 is 10.1 Å². The second-order valence-electron chi connectivity index (χ2n) is 6.62. The average molecular weight is 393 g/mol. The van der Waals surface area contributed by atoms with Crippen LogP contribution in [0.25, 0.3) is 16.9 Å². The van der Waals surface area contributed by atoms with E-state index in [2.05, 4.69) is 25.5 Å². The van der Waals surface area contributed by atoms with E-state index in [4.69, 9.17) is 4.74 Å². The van der Waals surface area contributed by atoms with Crippen LogP contribution in [0.4, 0.5) is 11.5 Å². The Kier molecular flexibility index (Phi) is 4.38. The van der Waals surface area contributed by atoms with Crippen molar-refractivity contribution in [2.45, 2.75) is 13.8 Å². The maximum atomic E-state index is 12.0. The third-order valence-electron chi connectivity index (χ3n) is 4.77. The largest absolute Gasteiger partial charge is 0.465 e. The van der Waals surface area contributed by atoms with Gasteiger partial charge in [0.15, 0.2) is 11.6 Å². The Morgan fingerprint density at radius 3 is 2.76 bits per heavy atom. The number of aromatic amines is 1. The van der Waals surface area contributed by atoms with Crippen molar-refractivity contribution in [1.29, 1.82) is 0 Å². The molecule has 0 spiro atoms. The Balaban J connectivity index is 1.79. The fourth-order valence-corrected chi connectivity index (χ4v) is 3.13. The molecule has 10 nitrogen and oxygen atoms in total. The number of nitrogens with zero attached hydrogens (tertiary/aromatic N) is 5. The van der Waals surface area contributed by atoms with Gasteiger partial charge in [0.25, 0.3) is 0 Å². The first-order chi connectivity index (χ1) is 13.9. The molecule has 0 aliphatic carbocycles. The summed E-state index contributed by atoms with van der Waals surface area (Å²) >= 11 is 0. The van der Waals surface area contributed by atoms with Crippen LogP contribution in [0.5, 0.6) is 0 Å². The van der Waals surface area contributed by atoms with Gasteiger partial charge in [0.1, 0.15) is 11.8 Å². The van der Waals surface area contributed by atoms with Gasteiger partial charge in [-0.15, -0.1) is 0 Å². The number of carbonyl (C=O) groups excluding carboxylic acids is 1. The van der Waals surface area contributed by atoms with E-state index in [1.54, 1.807) is 17.8 Å². The quantitative estimate of drug-likeness (QED) is 0.509. The molecule has 148 valence electrons. The SMILES string of the molecule is COC(=O)c1cn2ncnc(Nc3cc(-c4nn(C)c(=O)[nH]4)ccc3C)c2c1C. The molecular weight excluding hydrogens is 374 g/mol. The number of anilines is 2. The molecule has 0 unspecified atom stereocenters. The minimum Gasteiger partial charge on any atom is -0.465 e. The summed E-state index contributed by atoms with van der Waals surface area (Å²) in [4.78, 5) is 30.8. The van der Waals surface area contributed by atoms with Gasteiger partial charge in [-0.25, -0.2) is 23.8 Å². The summed E-state index contributed by atoms with van der Waals surface area (Å²) in [5, 5.41) is 11.7. The average Bonchev–Trinajstić information content (AvgIpc) is 3.23. The number of rotatable bonds is 4. The van der Waals surface area contributed by atoms with E-state index in [9.17, 15) is 9.59 Å². The van der Waals surface area contributed by atoms with Crippen LogP contribution in [-0.4, -0.2) is 42.4 Å². The number of hydrogen-bond donors (Lipinski definition) is 2. The molecule has 0 amide bonds. The maximum Gasteiger partial charge on any atom is 0.343 e. The van der Waals surface area contributed by atoms with Crippen molar-refractivity contribution in [2.75, 3.05) is 12.4 Å². The third kappa shape index (κ3) is 3.14. The zero-order valence-corrected chi connectivity index (χ0v) is 16.3. The standard InChI is InChI=1S/C19H19N7O3/c1-10-5-6-12(16-23-19(28)25(3)24-16)7-14(10)22-17-15-11(2)13(18(27)29-4)8-26(15)21-9-20-17/h5-9H,1-4H3,(H,20,21,22)(H,23,24,28). The number of benzene rings is 1. The molecule has 3 aromatic heterocycles.